The number of aromatic nitrogens is 3. The van der Waals surface area contributed by atoms with Gasteiger partial charge in [-0.1, -0.05) is 24.3 Å². The van der Waals surface area contributed by atoms with Crippen LogP contribution in [0.2, 0.25) is 0 Å². The molecule has 7 heteroatoms. The number of carbonyl (C=O) groups is 1. The Balaban J connectivity index is 2.21. The molecule has 0 spiro atoms. The van der Waals surface area contributed by atoms with Crippen molar-refractivity contribution in [2.45, 2.75) is 19.4 Å². The molecular formula is C16H20N4O2S. The summed E-state index contributed by atoms with van der Waals surface area (Å²) in [5.74, 6) is 0.823. The Morgan fingerprint density at radius 2 is 2.17 bits per heavy atom. The molecule has 0 aliphatic rings. The van der Waals surface area contributed by atoms with Crippen LogP contribution in [0.3, 0.4) is 0 Å². The first-order valence-electron chi connectivity index (χ1n) is 7.24. The maximum atomic E-state index is 11.9. The van der Waals surface area contributed by atoms with Gasteiger partial charge in [-0.3, -0.25) is 0 Å². The molecule has 122 valence electrons. The molecule has 0 fully saturated rings. The molecule has 1 N–H and O–H groups in total. The molecule has 0 aliphatic carbocycles. The van der Waals surface area contributed by atoms with Crippen LogP contribution in [0.4, 0.5) is 5.95 Å². The van der Waals surface area contributed by atoms with Gasteiger partial charge < -0.3 is 10.1 Å². The monoisotopic (exact) mass is 332 g/mol. The highest BCUT2D eigenvalue weighted by atomic mass is 32.2. The summed E-state index contributed by atoms with van der Waals surface area (Å²) in [5.41, 5.74) is 2.81. The number of nitrogens with zero attached hydrogens (tertiary/aromatic N) is 3. The summed E-state index contributed by atoms with van der Waals surface area (Å²) in [5, 5.41) is 11.0. The lowest BCUT2D eigenvalue weighted by atomic mass is 10.1. The van der Waals surface area contributed by atoms with Crippen LogP contribution >= 0.6 is 11.8 Å². The van der Waals surface area contributed by atoms with Crippen LogP contribution in [-0.2, 0) is 9.53 Å². The molecule has 0 saturated heterocycles. The van der Waals surface area contributed by atoms with Gasteiger partial charge in [0.25, 0.3) is 0 Å². The predicted molar refractivity (Wildman–Crippen MR) is 92.4 cm³/mol. The van der Waals surface area contributed by atoms with Crippen LogP contribution in [0.25, 0.3) is 11.3 Å². The Morgan fingerprint density at radius 1 is 1.39 bits per heavy atom. The number of esters is 1. The molecule has 6 nitrogen and oxygen atoms in total. The van der Waals surface area contributed by atoms with E-state index in [0.29, 0.717) is 18.1 Å². The lowest BCUT2D eigenvalue weighted by Gasteiger charge is -2.16. The average Bonchev–Trinajstić information content (AvgIpc) is 2.58. The zero-order chi connectivity index (χ0) is 16.7. The first-order chi connectivity index (χ1) is 11.2. The Kier molecular flexibility index (Phi) is 6.34. The van der Waals surface area contributed by atoms with Crippen molar-refractivity contribution >= 4 is 23.7 Å². The maximum absolute atomic E-state index is 11.9. The van der Waals surface area contributed by atoms with Crippen molar-refractivity contribution < 1.29 is 9.53 Å². The van der Waals surface area contributed by atoms with E-state index in [1.54, 1.807) is 18.0 Å². The summed E-state index contributed by atoms with van der Waals surface area (Å²) >= 11 is 1.67. The molecule has 2 rings (SSSR count). The molecule has 0 aliphatic heterocycles. The smallest absolute Gasteiger partial charge is 0.328 e. The van der Waals surface area contributed by atoms with Crippen molar-refractivity contribution in [1.82, 2.24) is 15.2 Å². The second kappa shape index (κ2) is 8.47. The number of benzene rings is 1. The van der Waals surface area contributed by atoms with Crippen LogP contribution in [0.1, 0.15) is 12.0 Å². The van der Waals surface area contributed by atoms with Crippen molar-refractivity contribution in [1.29, 1.82) is 0 Å². The summed E-state index contributed by atoms with van der Waals surface area (Å²) < 4.78 is 4.83. The van der Waals surface area contributed by atoms with Crippen LogP contribution in [0.15, 0.2) is 30.5 Å². The van der Waals surface area contributed by atoms with Gasteiger partial charge in [-0.05, 0) is 30.9 Å². The Bertz CT molecular complexity index is 666. The van der Waals surface area contributed by atoms with Gasteiger partial charge in [0.05, 0.1) is 19.0 Å². The number of hydrogen-bond donors (Lipinski definition) is 1. The first kappa shape index (κ1) is 17.2. The number of carbonyl (C=O) groups excluding carboxylic acids is 1. The van der Waals surface area contributed by atoms with Crippen molar-refractivity contribution in [3.8, 4) is 11.3 Å². The van der Waals surface area contributed by atoms with Crippen LogP contribution in [-0.4, -0.2) is 46.3 Å². The summed E-state index contributed by atoms with van der Waals surface area (Å²) in [6, 6.07) is 7.44. The number of thioether (sulfide) groups is 1. The molecule has 1 aromatic heterocycles. The van der Waals surface area contributed by atoms with Gasteiger partial charge in [-0.15, -0.1) is 5.10 Å². The van der Waals surface area contributed by atoms with Gasteiger partial charge in [-0.25, -0.2) is 9.78 Å². The number of hydrogen-bond acceptors (Lipinski definition) is 7. The summed E-state index contributed by atoms with van der Waals surface area (Å²) in [4.78, 5) is 16.3. The Labute approximate surface area is 140 Å². The first-order valence-corrected chi connectivity index (χ1v) is 8.64. The highest BCUT2D eigenvalue weighted by Gasteiger charge is 2.20. The van der Waals surface area contributed by atoms with Crippen LogP contribution in [0, 0.1) is 6.92 Å². The minimum absolute atomic E-state index is 0.322. The molecule has 1 aromatic carbocycles. The number of methoxy groups -OCH3 is 1. The van der Waals surface area contributed by atoms with Gasteiger partial charge in [-0.2, -0.15) is 16.9 Å². The number of nitrogens with one attached hydrogen (secondary N) is 1. The van der Waals surface area contributed by atoms with Gasteiger partial charge >= 0.3 is 5.97 Å². The number of rotatable bonds is 7. The van der Waals surface area contributed by atoms with Crippen molar-refractivity contribution in [3.05, 3.63) is 36.0 Å². The highest BCUT2D eigenvalue weighted by molar-refractivity contribution is 7.98. The fourth-order valence-corrected chi connectivity index (χ4v) is 2.61. The number of anilines is 1. The second-order valence-corrected chi connectivity index (χ2v) is 5.97. The standard InChI is InChI=1S/C16H20N4O2S/c1-11-6-4-5-7-12(11)14-10-17-20-16(19-14)18-13(8-9-23-3)15(21)22-2/h4-7,10,13H,8-9H2,1-3H3,(H,18,19,20)/t13-/m0/s1. The topological polar surface area (TPSA) is 77.0 Å². The molecular weight excluding hydrogens is 312 g/mol. The van der Waals surface area contributed by atoms with Crippen LogP contribution in [0.5, 0.6) is 0 Å². The predicted octanol–water partition coefficient (Wildman–Crippen LogP) is 2.55. The second-order valence-electron chi connectivity index (χ2n) is 4.98. The van der Waals surface area contributed by atoms with Crippen molar-refractivity contribution in [3.63, 3.8) is 0 Å². The Morgan fingerprint density at radius 3 is 2.87 bits per heavy atom. The summed E-state index contributed by atoms with van der Waals surface area (Å²) in [7, 11) is 1.37. The molecule has 0 amide bonds. The number of ether oxygens (including phenoxy) is 1. The van der Waals surface area contributed by atoms with Gasteiger partial charge in [0.1, 0.15) is 6.04 Å². The van der Waals surface area contributed by atoms with E-state index in [9.17, 15) is 4.79 Å². The van der Waals surface area contributed by atoms with Crippen LogP contribution < -0.4 is 5.32 Å². The lowest BCUT2D eigenvalue weighted by Crippen LogP contribution is -2.32. The van der Waals surface area contributed by atoms with E-state index >= 15 is 0 Å². The molecule has 1 atom stereocenters. The zero-order valence-corrected chi connectivity index (χ0v) is 14.3. The van der Waals surface area contributed by atoms with Gasteiger partial charge in [0.15, 0.2) is 0 Å². The maximum Gasteiger partial charge on any atom is 0.328 e. The molecule has 0 radical (unpaired) electrons. The number of aryl methyl sites for hydroxylation is 1. The highest BCUT2D eigenvalue weighted by Crippen LogP contribution is 2.21. The molecule has 0 saturated carbocycles. The van der Waals surface area contributed by atoms with E-state index in [0.717, 1.165) is 16.9 Å². The average molecular weight is 332 g/mol. The van der Waals surface area contributed by atoms with Crippen molar-refractivity contribution in [2.75, 3.05) is 24.4 Å². The fourth-order valence-electron chi connectivity index (χ4n) is 2.14. The van der Waals surface area contributed by atoms with E-state index < -0.39 is 6.04 Å². The summed E-state index contributed by atoms with van der Waals surface area (Å²) in [6.07, 6.45) is 4.24. The van der Waals surface area contributed by atoms with Crippen molar-refractivity contribution in [2.24, 2.45) is 0 Å². The van der Waals surface area contributed by atoms with E-state index in [2.05, 4.69) is 20.5 Å². The largest absolute Gasteiger partial charge is 0.467 e. The minimum Gasteiger partial charge on any atom is -0.467 e. The third-order valence-electron chi connectivity index (χ3n) is 3.38. The van der Waals surface area contributed by atoms with E-state index in [1.807, 2.05) is 37.4 Å². The molecule has 1 heterocycles. The zero-order valence-electron chi connectivity index (χ0n) is 13.4. The molecule has 2 aromatic rings. The quantitative estimate of drug-likeness (QED) is 0.781. The van der Waals surface area contributed by atoms with Gasteiger partial charge in [0, 0.05) is 5.56 Å². The summed E-state index contributed by atoms with van der Waals surface area (Å²) in [6.45, 7) is 2.01. The molecule has 23 heavy (non-hydrogen) atoms. The molecule has 0 bridgehead atoms. The molecule has 0 unspecified atom stereocenters. The normalized spacial score (nSPS) is 11.8. The van der Waals surface area contributed by atoms with E-state index in [1.165, 1.54) is 7.11 Å². The van der Waals surface area contributed by atoms with E-state index in [4.69, 9.17) is 4.74 Å². The Hall–Kier alpha value is -2.15. The van der Waals surface area contributed by atoms with Gasteiger partial charge in [0.2, 0.25) is 5.95 Å². The third kappa shape index (κ3) is 4.66. The SMILES string of the molecule is COC(=O)[C@H](CCSC)Nc1nncc(-c2ccccc2C)n1. The third-order valence-corrected chi connectivity index (χ3v) is 4.02. The van der Waals surface area contributed by atoms with E-state index in [-0.39, 0.29) is 5.97 Å². The lowest BCUT2D eigenvalue weighted by molar-refractivity contribution is -0.141. The minimum atomic E-state index is -0.485. The fraction of sp³-hybridized carbons (Fsp3) is 0.375.